The molecular formula is C26H26N2O5. The molecular weight excluding hydrogens is 420 g/mol. The lowest BCUT2D eigenvalue weighted by atomic mass is 9.92. The summed E-state index contributed by atoms with van der Waals surface area (Å²) in [6.45, 7) is 3.28. The lowest BCUT2D eigenvalue weighted by Crippen LogP contribution is -2.60. The fourth-order valence-electron chi connectivity index (χ4n) is 3.96. The summed E-state index contributed by atoms with van der Waals surface area (Å²) < 4.78 is 5.40. The van der Waals surface area contributed by atoms with Gasteiger partial charge in [0.25, 0.3) is 5.91 Å². The Bertz CT molecular complexity index is 1220. The maximum atomic E-state index is 13.3. The smallest absolute Gasteiger partial charge is 0.251 e. The zero-order chi connectivity index (χ0) is 23.6. The molecule has 0 radical (unpaired) electrons. The highest BCUT2D eigenvalue weighted by Crippen LogP contribution is 2.23. The molecule has 3 N–H and O–H groups in total. The zero-order valence-electron chi connectivity index (χ0n) is 18.5. The molecule has 0 aliphatic carbocycles. The summed E-state index contributed by atoms with van der Waals surface area (Å²) in [6, 6.07) is 18.5. The van der Waals surface area contributed by atoms with E-state index in [4.69, 9.17) is 4.74 Å². The third kappa shape index (κ3) is 4.73. The summed E-state index contributed by atoms with van der Waals surface area (Å²) in [5, 5.41) is 17.3. The number of amides is 2. The number of carbonyl (C=O) groups is 3. The van der Waals surface area contributed by atoms with Gasteiger partial charge in [-0.25, -0.2) is 0 Å². The number of ether oxygens (including phenoxy) is 1. The van der Waals surface area contributed by atoms with Crippen molar-refractivity contribution in [2.24, 2.45) is 0 Å². The molecule has 2 amide bonds. The first-order valence-corrected chi connectivity index (χ1v) is 10.8. The molecule has 3 unspecified atom stereocenters. The molecule has 170 valence electrons. The van der Waals surface area contributed by atoms with Gasteiger partial charge < -0.3 is 20.5 Å². The highest BCUT2D eigenvalue weighted by Gasteiger charge is 2.47. The number of phenols is 1. The topological polar surface area (TPSA) is 105 Å². The van der Waals surface area contributed by atoms with Crippen molar-refractivity contribution >= 4 is 28.4 Å². The molecule has 1 heterocycles. The molecule has 1 fully saturated rings. The van der Waals surface area contributed by atoms with Crippen molar-refractivity contribution < 1.29 is 24.2 Å². The molecule has 3 atom stereocenters. The molecule has 33 heavy (non-hydrogen) atoms. The summed E-state index contributed by atoms with van der Waals surface area (Å²) in [4.78, 5) is 38.7. The SMILES string of the molecule is CC1OCC(=O)C1(C)NC(=O)C(Cc1cccc(O)c1)NC(=O)c1ccc2ccccc2c1. The number of Topliss-reactive ketones (excluding diaryl/α,β-unsaturated/α-hetero) is 1. The zero-order valence-corrected chi connectivity index (χ0v) is 18.5. The summed E-state index contributed by atoms with van der Waals surface area (Å²) in [7, 11) is 0. The van der Waals surface area contributed by atoms with E-state index in [-0.39, 0.29) is 24.6 Å². The van der Waals surface area contributed by atoms with E-state index < -0.39 is 29.5 Å². The third-order valence-electron chi connectivity index (χ3n) is 6.22. The second kappa shape index (κ2) is 9.03. The average Bonchev–Trinajstić information content (AvgIpc) is 3.05. The Morgan fingerprint density at radius 2 is 1.85 bits per heavy atom. The fraction of sp³-hybridized carbons (Fsp3) is 0.269. The van der Waals surface area contributed by atoms with Crippen LogP contribution in [0, 0.1) is 0 Å². The van der Waals surface area contributed by atoms with Gasteiger partial charge >= 0.3 is 0 Å². The van der Waals surface area contributed by atoms with Crippen molar-refractivity contribution in [3.63, 3.8) is 0 Å². The number of fused-ring (bicyclic) bond motifs is 1. The van der Waals surface area contributed by atoms with Gasteiger partial charge in [0.1, 0.15) is 23.9 Å². The standard InChI is InChI=1S/C26H26N2O5/c1-16-26(2,23(30)15-33-16)28-25(32)22(13-17-6-5-9-21(29)12-17)27-24(31)20-11-10-18-7-3-4-8-19(18)14-20/h3-12,14,16,22,29H,13,15H2,1-2H3,(H,27,31)(H,28,32). The highest BCUT2D eigenvalue weighted by molar-refractivity contribution is 6.02. The van der Waals surface area contributed by atoms with Gasteiger partial charge in [0.2, 0.25) is 5.91 Å². The number of hydrogen-bond donors (Lipinski definition) is 3. The van der Waals surface area contributed by atoms with E-state index in [1.165, 1.54) is 12.1 Å². The molecule has 7 heteroatoms. The van der Waals surface area contributed by atoms with Crippen LogP contribution in [-0.2, 0) is 20.7 Å². The predicted molar refractivity (Wildman–Crippen MR) is 124 cm³/mol. The second-order valence-electron chi connectivity index (χ2n) is 8.53. The number of phenolic OH excluding ortho intramolecular Hbond substituents is 1. The van der Waals surface area contributed by atoms with Gasteiger partial charge in [-0.3, -0.25) is 14.4 Å². The van der Waals surface area contributed by atoms with Crippen LogP contribution >= 0.6 is 0 Å². The van der Waals surface area contributed by atoms with Crippen LogP contribution in [0.4, 0.5) is 0 Å². The Morgan fingerprint density at radius 3 is 2.55 bits per heavy atom. The molecule has 0 bridgehead atoms. The van der Waals surface area contributed by atoms with Gasteiger partial charge in [-0.2, -0.15) is 0 Å². The van der Waals surface area contributed by atoms with Crippen LogP contribution in [0.5, 0.6) is 5.75 Å². The number of benzene rings is 3. The number of nitrogens with one attached hydrogen (secondary N) is 2. The molecule has 1 aliphatic rings. The van der Waals surface area contributed by atoms with Gasteiger partial charge in [0.05, 0.1) is 6.10 Å². The van der Waals surface area contributed by atoms with Crippen LogP contribution in [0.2, 0.25) is 0 Å². The van der Waals surface area contributed by atoms with Gasteiger partial charge in [-0.05, 0) is 54.4 Å². The Morgan fingerprint density at radius 1 is 1.09 bits per heavy atom. The third-order valence-corrected chi connectivity index (χ3v) is 6.22. The summed E-state index contributed by atoms with van der Waals surface area (Å²) in [6.07, 6.45) is -0.356. The van der Waals surface area contributed by atoms with Crippen molar-refractivity contribution in [2.45, 2.75) is 38.0 Å². The van der Waals surface area contributed by atoms with Crippen LogP contribution in [0.1, 0.15) is 29.8 Å². The first-order valence-electron chi connectivity index (χ1n) is 10.8. The van der Waals surface area contributed by atoms with Gasteiger partial charge in [-0.1, -0.05) is 42.5 Å². The Kier molecular flexibility index (Phi) is 6.16. The Labute approximate surface area is 191 Å². The normalized spacial score (nSPS) is 21.0. The Balaban J connectivity index is 1.59. The van der Waals surface area contributed by atoms with Gasteiger partial charge in [0, 0.05) is 12.0 Å². The predicted octanol–water partition coefficient (Wildman–Crippen LogP) is 2.75. The van der Waals surface area contributed by atoms with Crippen molar-refractivity contribution in [3.05, 3.63) is 77.9 Å². The van der Waals surface area contributed by atoms with E-state index in [1.807, 2.05) is 30.3 Å². The summed E-state index contributed by atoms with van der Waals surface area (Å²) in [5.74, 6) is -1.07. The van der Waals surface area contributed by atoms with E-state index >= 15 is 0 Å². The molecule has 7 nitrogen and oxygen atoms in total. The molecule has 3 aromatic rings. The molecule has 3 aromatic carbocycles. The number of rotatable bonds is 6. The van der Waals surface area contributed by atoms with Gasteiger partial charge in [0.15, 0.2) is 5.78 Å². The Hall–Kier alpha value is -3.71. The minimum Gasteiger partial charge on any atom is -0.508 e. The lowest BCUT2D eigenvalue weighted by molar-refractivity contribution is -0.130. The molecule has 1 aliphatic heterocycles. The van der Waals surface area contributed by atoms with E-state index in [0.717, 1.165) is 10.8 Å². The maximum absolute atomic E-state index is 13.3. The van der Waals surface area contributed by atoms with Crippen LogP contribution in [0.3, 0.4) is 0 Å². The summed E-state index contributed by atoms with van der Waals surface area (Å²) >= 11 is 0. The van der Waals surface area contributed by atoms with Crippen LogP contribution < -0.4 is 10.6 Å². The maximum Gasteiger partial charge on any atom is 0.251 e. The van der Waals surface area contributed by atoms with E-state index in [1.54, 1.807) is 38.1 Å². The van der Waals surface area contributed by atoms with Gasteiger partial charge in [-0.15, -0.1) is 0 Å². The van der Waals surface area contributed by atoms with Crippen molar-refractivity contribution in [1.29, 1.82) is 0 Å². The largest absolute Gasteiger partial charge is 0.508 e. The first kappa shape index (κ1) is 22.5. The molecule has 1 saturated heterocycles. The van der Waals surface area contributed by atoms with Crippen LogP contribution in [0.15, 0.2) is 66.7 Å². The number of hydrogen-bond acceptors (Lipinski definition) is 5. The molecule has 4 rings (SSSR count). The fourth-order valence-corrected chi connectivity index (χ4v) is 3.96. The summed E-state index contributed by atoms with van der Waals surface area (Å²) in [5.41, 5.74) is -0.0922. The quantitative estimate of drug-likeness (QED) is 0.540. The molecule has 0 spiro atoms. The minimum absolute atomic E-state index is 0.0625. The highest BCUT2D eigenvalue weighted by atomic mass is 16.5. The number of aromatic hydroxyl groups is 1. The monoisotopic (exact) mass is 446 g/mol. The van der Waals surface area contributed by atoms with Crippen LogP contribution in [0.25, 0.3) is 10.8 Å². The molecule has 0 aromatic heterocycles. The van der Waals surface area contributed by atoms with Crippen molar-refractivity contribution in [2.75, 3.05) is 6.61 Å². The first-order chi connectivity index (χ1) is 15.8. The van der Waals surface area contributed by atoms with Crippen LogP contribution in [-0.4, -0.2) is 47.0 Å². The van der Waals surface area contributed by atoms with E-state index in [0.29, 0.717) is 11.1 Å². The minimum atomic E-state index is -1.18. The number of carbonyl (C=O) groups excluding carboxylic acids is 3. The average molecular weight is 447 g/mol. The molecule has 0 saturated carbocycles. The van der Waals surface area contributed by atoms with E-state index in [2.05, 4.69) is 10.6 Å². The van der Waals surface area contributed by atoms with Crippen molar-refractivity contribution in [3.8, 4) is 5.75 Å². The van der Waals surface area contributed by atoms with Crippen molar-refractivity contribution in [1.82, 2.24) is 10.6 Å². The second-order valence-corrected chi connectivity index (χ2v) is 8.53. The van der Waals surface area contributed by atoms with E-state index in [9.17, 15) is 19.5 Å². The number of ketones is 1. The lowest BCUT2D eigenvalue weighted by Gasteiger charge is -2.30.